The SMILES string of the molecule is C[CH]C1(Cl)CC1Cl. The molecule has 0 bridgehead atoms. The lowest BCUT2D eigenvalue weighted by molar-refractivity contribution is 1.05. The van der Waals surface area contributed by atoms with E-state index in [1.54, 1.807) is 0 Å². The van der Waals surface area contributed by atoms with Crippen molar-refractivity contribution in [2.24, 2.45) is 0 Å². The first-order valence-electron chi connectivity index (χ1n) is 2.32. The van der Waals surface area contributed by atoms with Crippen LogP contribution in [-0.2, 0) is 0 Å². The quantitative estimate of drug-likeness (QED) is 0.487. The smallest absolute Gasteiger partial charge is 0.0653 e. The number of halogens is 2. The highest BCUT2D eigenvalue weighted by atomic mass is 35.5. The second-order valence-corrected chi connectivity index (χ2v) is 3.12. The van der Waals surface area contributed by atoms with Crippen molar-refractivity contribution in [3.63, 3.8) is 0 Å². The number of alkyl halides is 2. The van der Waals surface area contributed by atoms with Gasteiger partial charge in [-0.3, -0.25) is 0 Å². The van der Waals surface area contributed by atoms with Gasteiger partial charge in [0, 0.05) is 0 Å². The van der Waals surface area contributed by atoms with E-state index in [0.717, 1.165) is 6.42 Å². The highest BCUT2D eigenvalue weighted by molar-refractivity contribution is 6.37. The molecule has 0 amide bonds. The fourth-order valence-electron chi connectivity index (χ4n) is 0.514. The highest BCUT2D eigenvalue weighted by Crippen LogP contribution is 2.49. The summed E-state index contributed by atoms with van der Waals surface area (Å²) in [4.78, 5) is -0.137. The third-order valence-electron chi connectivity index (χ3n) is 1.33. The molecule has 1 aliphatic carbocycles. The maximum Gasteiger partial charge on any atom is 0.0653 e. The summed E-state index contributed by atoms with van der Waals surface area (Å²) in [6.07, 6.45) is 2.89. The largest absolute Gasteiger partial charge is 0.121 e. The molecule has 2 heteroatoms. The lowest BCUT2D eigenvalue weighted by atomic mass is 10.3. The van der Waals surface area contributed by atoms with Gasteiger partial charge >= 0.3 is 0 Å². The van der Waals surface area contributed by atoms with E-state index in [1.807, 2.05) is 13.3 Å². The lowest BCUT2D eigenvalue weighted by Crippen LogP contribution is -1.98. The van der Waals surface area contributed by atoms with Crippen molar-refractivity contribution >= 4 is 23.2 Å². The van der Waals surface area contributed by atoms with E-state index in [2.05, 4.69) is 0 Å². The Morgan fingerprint density at radius 2 is 2.29 bits per heavy atom. The van der Waals surface area contributed by atoms with E-state index >= 15 is 0 Å². The van der Waals surface area contributed by atoms with Crippen LogP contribution in [0.15, 0.2) is 0 Å². The zero-order chi connectivity index (χ0) is 5.49. The molecule has 1 radical (unpaired) electrons. The maximum atomic E-state index is 5.79. The zero-order valence-corrected chi connectivity index (χ0v) is 5.63. The zero-order valence-electron chi connectivity index (χ0n) is 4.12. The fourth-order valence-corrected chi connectivity index (χ4v) is 1.13. The minimum absolute atomic E-state index is 0.137. The van der Waals surface area contributed by atoms with E-state index in [9.17, 15) is 0 Å². The van der Waals surface area contributed by atoms with Crippen LogP contribution in [0.5, 0.6) is 0 Å². The Morgan fingerprint density at radius 1 is 1.86 bits per heavy atom. The fraction of sp³-hybridized carbons (Fsp3) is 0.800. The first-order valence-corrected chi connectivity index (χ1v) is 3.14. The van der Waals surface area contributed by atoms with E-state index in [0.29, 0.717) is 0 Å². The molecule has 0 aromatic heterocycles. The van der Waals surface area contributed by atoms with Gasteiger partial charge in [0.15, 0.2) is 0 Å². The molecule has 1 rings (SSSR count). The first-order chi connectivity index (χ1) is 3.19. The molecule has 2 unspecified atom stereocenters. The Bertz CT molecular complexity index is 78.1. The van der Waals surface area contributed by atoms with Crippen LogP contribution in [-0.4, -0.2) is 10.3 Å². The lowest BCUT2D eigenvalue weighted by Gasteiger charge is -1.95. The molecule has 0 N–H and O–H groups in total. The number of rotatable bonds is 1. The summed E-state index contributed by atoms with van der Waals surface area (Å²) in [7, 11) is 0. The summed E-state index contributed by atoms with van der Waals surface area (Å²) in [5.41, 5.74) is 0. The molecule has 0 saturated heterocycles. The van der Waals surface area contributed by atoms with Crippen LogP contribution in [0.2, 0.25) is 0 Å². The van der Waals surface area contributed by atoms with Gasteiger partial charge in [-0.2, -0.15) is 0 Å². The van der Waals surface area contributed by atoms with Crippen LogP contribution in [0.1, 0.15) is 13.3 Å². The van der Waals surface area contributed by atoms with Gasteiger partial charge in [0.05, 0.1) is 10.3 Å². The van der Waals surface area contributed by atoms with E-state index in [4.69, 9.17) is 23.2 Å². The predicted molar refractivity (Wildman–Crippen MR) is 32.8 cm³/mol. The minimum Gasteiger partial charge on any atom is -0.121 e. The summed E-state index contributed by atoms with van der Waals surface area (Å²) in [5.74, 6) is 0. The van der Waals surface area contributed by atoms with Crippen LogP contribution in [0, 0.1) is 6.42 Å². The summed E-state index contributed by atoms with van der Waals surface area (Å²) in [6, 6.07) is 0. The van der Waals surface area contributed by atoms with Crippen LogP contribution in [0.3, 0.4) is 0 Å². The van der Waals surface area contributed by atoms with Crippen molar-refractivity contribution in [3.05, 3.63) is 6.42 Å². The molecular weight excluding hydrogens is 131 g/mol. The van der Waals surface area contributed by atoms with Crippen LogP contribution in [0.4, 0.5) is 0 Å². The molecule has 41 valence electrons. The van der Waals surface area contributed by atoms with Gasteiger partial charge in [-0.15, -0.1) is 23.2 Å². The predicted octanol–water partition coefficient (Wildman–Crippen LogP) is 2.20. The molecule has 0 aromatic carbocycles. The van der Waals surface area contributed by atoms with E-state index in [-0.39, 0.29) is 10.3 Å². The van der Waals surface area contributed by atoms with Crippen LogP contribution >= 0.6 is 23.2 Å². The van der Waals surface area contributed by atoms with Crippen molar-refractivity contribution < 1.29 is 0 Å². The van der Waals surface area contributed by atoms with Crippen LogP contribution < -0.4 is 0 Å². The topological polar surface area (TPSA) is 0 Å². The highest BCUT2D eigenvalue weighted by Gasteiger charge is 2.50. The Labute approximate surface area is 53.8 Å². The van der Waals surface area contributed by atoms with Crippen molar-refractivity contribution in [2.75, 3.05) is 0 Å². The Balaban J connectivity index is 2.36. The summed E-state index contributed by atoms with van der Waals surface area (Å²) < 4.78 is 0. The van der Waals surface area contributed by atoms with Crippen molar-refractivity contribution in [3.8, 4) is 0 Å². The summed E-state index contributed by atoms with van der Waals surface area (Å²) >= 11 is 11.4. The Hall–Kier alpha value is 0.580. The van der Waals surface area contributed by atoms with E-state index in [1.165, 1.54) is 0 Å². The molecule has 1 fully saturated rings. The molecule has 0 aliphatic heterocycles. The van der Waals surface area contributed by atoms with Gasteiger partial charge in [0.1, 0.15) is 0 Å². The average Bonchev–Trinajstić information content (AvgIpc) is 2.18. The Kier molecular flexibility index (Phi) is 1.25. The molecule has 0 nitrogen and oxygen atoms in total. The van der Waals surface area contributed by atoms with Gasteiger partial charge in [-0.1, -0.05) is 6.92 Å². The van der Waals surface area contributed by atoms with Crippen LogP contribution in [0.25, 0.3) is 0 Å². The first kappa shape index (κ1) is 5.71. The maximum absolute atomic E-state index is 5.79. The van der Waals surface area contributed by atoms with Gasteiger partial charge < -0.3 is 0 Å². The standard InChI is InChI=1S/C5H7Cl2/c1-2-5(7)3-4(5)6/h2,4H,3H2,1H3. The monoisotopic (exact) mass is 137 g/mol. The van der Waals surface area contributed by atoms with Gasteiger partial charge in [-0.05, 0) is 12.8 Å². The van der Waals surface area contributed by atoms with Crippen molar-refractivity contribution in [1.29, 1.82) is 0 Å². The summed E-state index contributed by atoms with van der Waals surface area (Å²) in [5, 5.41) is 0.194. The number of hydrogen-bond donors (Lipinski definition) is 0. The molecule has 7 heavy (non-hydrogen) atoms. The molecule has 0 aromatic rings. The molecule has 1 saturated carbocycles. The Morgan fingerprint density at radius 3 is 2.29 bits per heavy atom. The molecule has 0 spiro atoms. The minimum atomic E-state index is -0.137. The molecular formula is C5H7Cl2. The van der Waals surface area contributed by atoms with Gasteiger partial charge in [0.2, 0.25) is 0 Å². The second kappa shape index (κ2) is 1.53. The average molecular weight is 138 g/mol. The van der Waals surface area contributed by atoms with Gasteiger partial charge in [0.25, 0.3) is 0 Å². The number of hydrogen-bond acceptors (Lipinski definition) is 0. The molecule has 1 aliphatic rings. The molecule has 0 heterocycles. The van der Waals surface area contributed by atoms with Crippen molar-refractivity contribution in [2.45, 2.75) is 23.6 Å². The van der Waals surface area contributed by atoms with E-state index < -0.39 is 0 Å². The third kappa shape index (κ3) is 0.872. The second-order valence-electron chi connectivity index (χ2n) is 1.89. The van der Waals surface area contributed by atoms with Gasteiger partial charge in [-0.25, -0.2) is 0 Å². The molecule has 2 atom stereocenters. The third-order valence-corrected chi connectivity index (χ3v) is 2.62. The van der Waals surface area contributed by atoms with Crippen molar-refractivity contribution in [1.82, 2.24) is 0 Å². The summed E-state index contributed by atoms with van der Waals surface area (Å²) in [6.45, 7) is 1.94. The normalized spacial score (nSPS) is 49.3.